The lowest BCUT2D eigenvalue weighted by atomic mass is 9.96. The number of carbonyl (C=O) groups excluding carboxylic acids is 1. The molecule has 1 amide bonds. The second kappa shape index (κ2) is 11.1. The molecule has 1 atom stereocenters. The zero-order valence-electron chi connectivity index (χ0n) is 14.0. The van der Waals surface area contributed by atoms with E-state index in [9.17, 15) is 4.79 Å². The van der Waals surface area contributed by atoms with Gasteiger partial charge in [-0.25, -0.2) is 0 Å². The molecule has 0 heterocycles. The van der Waals surface area contributed by atoms with Crippen molar-refractivity contribution in [1.29, 1.82) is 0 Å². The molecule has 0 aliphatic carbocycles. The highest BCUT2D eigenvalue weighted by atomic mass is 16.1. The molecule has 0 fully saturated rings. The maximum atomic E-state index is 11.7. The third-order valence-corrected chi connectivity index (χ3v) is 3.89. The van der Waals surface area contributed by atoms with Crippen LogP contribution in [0.2, 0.25) is 0 Å². The van der Waals surface area contributed by atoms with E-state index < -0.39 is 5.54 Å². The Morgan fingerprint density at radius 3 is 2.00 bits per heavy atom. The van der Waals surface area contributed by atoms with E-state index in [4.69, 9.17) is 5.73 Å². The molecule has 4 heteroatoms. The van der Waals surface area contributed by atoms with Gasteiger partial charge >= 0.3 is 0 Å². The maximum absolute atomic E-state index is 11.7. The summed E-state index contributed by atoms with van der Waals surface area (Å²) >= 11 is 0. The molecule has 1 unspecified atom stereocenters. The second-order valence-electron chi connectivity index (χ2n) is 5.92. The highest BCUT2D eigenvalue weighted by Gasteiger charge is 2.30. The lowest BCUT2D eigenvalue weighted by molar-refractivity contribution is -0.124. The Hall–Kier alpha value is -0.610. The summed E-state index contributed by atoms with van der Waals surface area (Å²) in [5.41, 5.74) is 5.00. The van der Waals surface area contributed by atoms with Gasteiger partial charge in [0, 0.05) is 6.54 Å². The Labute approximate surface area is 125 Å². The summed E-state index contributed by atoms with van der Waals surface area (Å²) in [7, 11) is 0. The first-order valence-corrected chi connectivity index (χ1v) is 8.27. The number of primary amides is 1. The van der Waals surface area contributed by atoms with Crippen LogP contribution in [0.15, 0.2) is 0 Å². The van der Waals surface area contributed by atoms with E-state index in [1.165, 1.54) is 25.7 Å². The van der Waals surface area contributed by atoms with Crippen molar-refractivity contribution in [3.8, 4) is 0 Å². The van der Waals surface area contributed by atoms with Crippen LogP contribution < -0.4 is 11.1 Å². The van der Waals surface area contributed by atoms with Gasteiger partial charge in [-0.3, -0.25) is 4.79 Å². The fourth-order valence-electron chi connectivity index (χ4n) is 2.18. The van der Waals surface area contributed by atoms with Gasteiger partial charge in [-0.1, -0.05) is 33.6 Å². The standard InChI is InChI=1S/C16H35N3O/c1-5-8-12-19(13-9-6-2)14-10-16(4,15(17)20)18-11-7-3/h18H,5-14H2,1-4H3,(H2,17,20). The Morgan fingerprint density at radius 2 is 1.60 bits per heavy atom. The van der Waals surface area contributed by atoms with Gasteiger partial charge in [-0.15, -0.1) is 0 Å². The largest absolute Gasteiger partial charge is 0.368 e. The summed E-state index contributed by atoms with van der Waals surface area (Å²) in [6, 6.07) is 0. The van der Waals surface area contributed by atoms with E-state index in [1.54, 1.807) is 0 Å². The second-order valence-corrected chi connectivity index (χ2v) is 5.92. The first kappa shape index (κ1) is 19.4. The normalized spacial score (nSPS) is 14.4. The molecule has 0 aliphatic heterocycles. The number of hydrogen-bond acceptors (Lipinski definition) is 3. The first-order valence-electron chi connectivity index (χ1n) is 8.27. The minimum atomic E-state index is -0.577. The lowest BCUT2D eigenvalue weighted by Crippen LogP contribution is -2.54. The smallest absolute Gasteiger partial charge is 0.237 e. The number of carbonyl (C=O) groups is 1. The highest BCUT2D eigenvalue weighted by molar-refractivity contribution is 5.84. The average Bonchev–Trinajstić information content (AvgIpc) is 2.44. The molecule has 0 aromatic heterocycles. The molecule has 0 aliphatic rings. The van der Waals surface area contributed by atoms with Gasteiger partial charge in [0.05, 0.1) is 5.54 Å². The van der Waals surface area contributed by atoms with Crippen molar-refractivity contribution in [2.45, 2.75) is 71.8 Å². The highest BCUT2D eigenvalue weighted by Crippen LogP contribution is 2.12. The molecule has 0 saturated heterocycles. The third-order valence-electron chi connectivity index (χ3n) is 3.89. The number of nitrogens with two attached hydrogens (primary N) is 1. The molecule has 0 saturated carbocycles. The fourth-order valence-corrected chi connectivity index (χ4v) is 2.18. The van der Waals surface area contributed by atoms with Crippen LogP contribution in [-0.2, 0) is 4.79 Å². The van der Waals surface area contributed by atoms with Crippen LogP contribution in [0.4, 0.5) is 0 Å². The zero-order valence-corrected chi connectivity index (χ0v) is 14.0. The van der Waals surface area contributed by atoms with Gasteiger partial charge in [-0.2, -0.15) is 0 Å². The van der Waals surface area contributed by atoms with Crippen LogP contribution in [0, 0.1) is 0 Å². The van der Waals surface area contributed by atoms with Gasteiger partial charge in [0.15, 0.2) is 0 Å². The van der Waals surface area contributed by atoms with Crippen molar-refractivity contribution in [2.75, 3.05) is 26.2 Å². The minimum absolute atomic E-state index is 0.239. The summed E-state index contributed by atoms with van der Waals surface area (Å²) < 4.78 is 0. The molecule has 4 nitrogen and oxygen atoms in total. The first-order chi connectivity index (χ1) is 9.50. The van der Waals surface area contributed by atoms with Gasteiger partial charge in [0.25, 0.3) is 0 Å². The lowest BCUT2D eigenvalue weighted by Gasteiger charge is -2.31. The number of amides is 1. The number of nitrogens with zero attached hydrogens (tertiary/aromatic N) is 1. The topological polar surface area (TPSA) is 58.4 Å². The minimum Gasteiger partial charge on any atom is -0.368 e. The molecule has 0 rings (SSSR count). The molecule has 0 radical (unpaired) electrons. The van der Waals surface area contributed by atoms with Crippen molar-refractivity contribution < 1.29 is 4.79 Å². The number of unbranched alkanes of at least 4 members (excludes halogenated alkanes) is 2. The number of hydrogen-bond donors (Lipinski definition) is 2. The van der Waals surface area contributed by atoms with Crippen molar-refractivity contribution in [3.63, 3.8) is 0 Å². The van der Waals surface area contributed by atoms with Crippen LogP contribution in [0.5, 0.6) is 0 Å². The number of nitrogens with one attached hydrogen (secondary N) is 1. The molecule has 0 aromatic rings. The van der Waals surface area contributed by atoms with Gasteiger partial charge in [0.2, 0.25) is 5.91 Å². The summed E-state index contributed by atoms with van der Waals surface area (Å²) in [6.45, 7) is 12.5. The Bertz CT molecular complexity index is 250. The maximum Gasteiger partial charge on any atom is 0.237 e. The third kappa shape index (κ3) is 7.85. The van der Waals surface area contributed by atoms with Gasteiger partial charge < -0.3 is 16.0 Å². The van der Waals surface area contributed by atoms with Crippen LogP contribution in [0.25, 0.3) is 0 Å². The predicted octanol–water partition coefficient (Wildman–Crippen LogP) is 2.52. The molecule has 120 valence electrons. The van der Waals surface area contributed by atoms with Crippen LogP contribution in [-0.4, -0.2) is 42.5 Å². The molecule has 0 bridgehead atoms. The SMILES string of the molecule is CCCCN(CCCC)CCC(C)(NCCC)C(N)=O. The zero-order chi connectivity index (χ0) is 15.4. The Kier molecular flexibility index (Phi) is 10.8. The van der Waals surface area contributed by atoms with Crippen molar-refractivity contribution in [2.24, 2.45) is 5.73 Å². The summed E-state index contributed by atoms with van der Waals surface area (Å²) in [5, 5.41) is 3.31. The molecule has 0 spiro atoms. The quantitative estimate of drug-likeness (QED) is 0.547. The van der Waals surface area contributed by atoms with Crippen LogP contribution >= 0.6 is 0 Å². The van der Waals surface area contributed by atoms with E-state index in [1.807, 2.05) is 6.92 Å². The van der Waals surface area contributed by atoms with Gasteiger partial charge in [-0.05, 0) is 52.2 Å². The molecule has 20 heavy (non-hydrogen) atoms. The molecular formula is C16H35N3O. The fraction of sp³-hybridized carbons (Fsp3) is 0.938. The van der Waals surface area contributed by atoms with E-state index in [0.717, 1.165) is 39.0 Å². The number of rotatable bonds is 13. The monoisotopic (exact) mass is 285 g/mol. The van der Waals surface area contributed by atoms with Crippen LogP contribution in [0.3, 0.4) is 0 Å². The van der Waals surface area contributed by atoms with E-state index in [0.29, 0.717) is 0 Å². The summed E-state index contributed by atoms with van der Waals surface area (Å²) in [6.07, 6.45) is 6.67. The van der Waals surface area contributed by atoms with E-state index >= 15 is 0 Å². The van der Waals surface area contributed by atoms with E-state index in [2.05, 4.69) is 31.0 Å². The predicted molar refractivity (Wildman–Crippen MR) is 86.8 cm³/mol. The Balaban J connectivity index is 4.39. The average molecular weight is 285 g/mol. The van der Waals surface area contributed by atoms with Gasteiger partial charge in [0.1, 0.15) is 0 Å². The molecule has 3 N–H and O–H groups in total. The van der Waals surface area contributed by atoms with E-state index in [-0.39, 0.29) is 5.91 Å². The van der Waals surface area contributed by atoms with Crippen molar-refractivity contribution in [3.05, 3.63) is 0 Å². The molecule has 0 aromatic carbocycles. The van der Waals surface area contributed by atoms with Crippen molar-refractivity contribution in [1.82, 2.24) is 10.2 Å². The van der Waals surface area contributed by atoms with Crippen LogP contribution in [0.1, 0.15) is 66.2 Å². The van der Waals surface area contributed by atoms with Crippen molar-refractivity contribution >= 4 is 5.91 Å². The summed E-state index contributed by atoms with van der Waals surface area (Å²) in [4.78, 5) is 14.2. The summed E-state index contributed by atoms with van der Waals surface area (Å²) in [5.74, 6) is -0.239. The Morgan fingerprint density at radius 1 is 1.05 bits per heavy atom. The molecular weight excluding hydrogens is 250 g/mol.